The quantitative estimate of drug-likeness (QED) is 0.778. The highest BCUT2D eigenvalue weighted by atomic mass is 16.5. The molecule has 0 aromatic carbocycles. The summed E-state index contributed by atoms with van der Waals surface area (Å²) in [5.74, 6) is 0.492. The van der Waals surface area contributed by atoms with Crippen molar-refractivity contribution in [2.75, 3.05) is 32.8 Å². The molecule has 17 heavy (non-hydrogen) atoms. The topological polar surface area (TPSA) is 48.3 Å². The van der Waals surface area contributed by atoms with E-state index in [0.29, 0.717) is 5.92 Å². The molecule has 4 nitrogen and oxygen atoms in total. The second kappa shape index (κ2) is 5.34. The van der Waals surface area contributed by atoms with Gasteiger partial charge in [-0.25, -0.2) is 0 Å². The van der Waals surface area contributed by atoms with Crippen molar-refractivity contribution in [3.63, 3.8) is 0 Å². The van der Waals surface area contributed by atoms with E-state index >= 15 is 0 Å². The highest BCUT2D eigenvalue weighted by Gasteiger charge is 2.43. The minimum atomic E-state index is -0.282. The average Bonchev–Trinajstić information content (AvgIpc) is 2.39. The van der Waals surface area contributed by atoms with Crippen molar-refractivity contribution >= 4 is 0 Å². The number of rotatable bonds is 2. The number of hydrogen-bond donors (Lipinski definition) is 1. The molecule has 0 aliphatic carbocycles. The zero-order valence-electron chi connectivity index (χ0n) is 10.9. The first-order chi connectivity index (χ1) is 8.18. The van der Waals surface area contributed by atoms with Crippen LogP contribution >= 0.6 is 0 Å². The zero-order valence-corrected chi connectivity index (χ0v) is 10.9. The molecule has 0 amide bonds. The summed E-state index contributed by atoms with van der Waals surface area (Å²) in [6.07, 6.45) is 1.95. The van der Waals surface area contributed by atoms with Gasteiger partial charge in [-0.3, -0.25) is 4.90 Å². The zero-order chi connectivity index (χ0) is 12.3. The van der Waals surface area contributed by atoms with E-state index in [9.17, 15) is 5.26 Å². The van der Waals surface area contributed by atoms with Crippen molar-refractivity contribution in [1.82, 2.24) is 10.2 Å². The van der Waals surface area contributed by atoms with Crippen LogP contribution in [0.25, 0.3) is 0 Å². The van der Waals surface area contributed by atoms with Gasteiger partial charge in [-0.15, -0.1) is 0 Å². The Morgan fingerprint density at radius 3 is 2.71 bits per heavy atom. The van der Waals surface area contributed by atoms with Gasteiger partial charge < -0.3 is 10.1 Å². The molecule has 0 bridgehead atoms. The van der Waals surface area contributed by atoms with Crippen LogP contribution in [0.1, 0.15) is 26.7 Å². The molecule has 0 saturated carbocycles. The number of ether oxygens (including phenoxy) is 1. The monoisotopic (exact) mass is 237 g/mol. The Hall–Kier alpha value is -0.630. The van der Waals surface area contributed by atoms with Crippen LogP contribution < -0.4 is 5.32 Å². The molecule has 2 aliphatic heterocycles. The summed E-state index contributed by atoms with van der Waals surface area (Å²) < 4.78 is 5.79. The van der Waals surface area contributed by atoms with Crippen LogP contribution in [0.4, 0.5) is 0 Å². The molecule has 2 unspecified atom stereocenters. The van der Waals surface area contributed by atoms with Crippen LogP contribution in [-0.2, 0) is 4.74 Å². The molecule has 2 aliphatic rings. The van der Waals surface area contributed by atoms with Gasteiger partial charge in [0.1, 0.15) is 5.54 Å². The predicted molar refractivity (Wildman–Crippen MR) is 66.6 cm³/mol. The molecule has 0 aromatic rings. The van der Waals surface area contributed by atoms with Crippen molar-refractivity contribution < 1.29 is 4.74 Å². The van der Waals surface area contributed by atoms with Gasteiger partial charge in [-0.2, -0.15) is 5.26 Å². The van der Waals surface area contributed by atoms with Gasteiger partial charge in [0.15, 0.2) is 0 Å². The Balaban J connectivity index is 2.10. The summed E-state index contributed by atoms with van der Waals surface area (Å²) >= 11 is 0. The standard InChI is InChI=1S/C13H23N3O/c1-11(2)12-9-13(10-14,3-8-17-12)16-6-4-15-5-7-16/h11-12,15H,3-9H2,1-2H3. The molecule has 2 fully saturated rings. The smallest absolute Gasteiger partial charge is 0.114 e. The number of nitrogens with one attached hydrogen (secondary N) is 1. The van der Waals surface area contributed by atoms with Crippen molar-refractivity contribution in [3.05, 3.63) is 0 Å². The summed E-state index contributed by atoms with van der Waals surface area (Å²) in [5.41, 5.74) is -0.282. The summed E-state index contributed by atoms with van der Waals surface area (Å²) in [7, 11) is 0. The fourth-order valence-electron chi connectivity index (χ4n) is 2.85. The van der Waals surface area contributed by atoms with Crippen LogP contribution in [0.15, 0.2) is 0 Å². The molecule has 2 atom stereocenters. The Labute approximate surface area is 104 Å². The minimum Gasteiger partial charge on any atom is -0.378 e. The van der Waals surface area contributed by atoms with Crippen LogP contribution in [-0.4, -0.2) is 49.3 Å². The fraction of sp³-hybridized carbons (Fsp3) is 0.923. The highest BCUT2D eigenvalue weighted by Crippen LogP contribution is 2.33. The van der Waals surface area contributed by atoms with Gasteiger partial charge in [0.25, 0.3) is 0 Å². The van der Waals surface area contributed by atoms with Gasteiger partial charge in [0.05, 0.1) is 12.2 Å². The molecular formula is C13H23N3O. The van der Waals surface area contributed by atoms with Gasteiger partial charge in [0, 0.05) is 45.6 Å². The van der Waals surface area contributed by atoms with Crippen LogP contribution in [0.2, 0.25) is 0 Å². The Kier molecular flexibility index (Phi) is 4.03. The van der Waals surface area contributed by atoms with E-state index in [2.05, 4.69) is 30.1 Å². The first-order valence-corrected chi connectivity index (χ1v) is 6.66. The Bertz CT molecular complexity index is 294. The van der Waals surface area contributed by atoms with E-state index in [4.69, 9.17) is 4.74 Å². The van der Waals surface area contributed by atoms with E-state index in [1.54, 1.807) is 0 Å². The van der Waals surface area contributed by atoms with Crippen molar-refractivity contribution in [2.24, 2.45) is 5.92 Å². The maximum atomic E-state index is 9.63. The third kappa shape index (κ3) is 2.62. The van der Waals surface area contributed by atoms with Gasteiger partial charge in [0.2, 0.25) is 0 Å². The molecule has 0 radical (unpaired) electrons. The largest absolute Gasteiger partial charge is 0.378 e. The van der Waals surface area contributed by atoms with E-state index in [1.165, 1.54) is 0 Å². The second-order valence-electron chi connectivity index (χ2n) is 5.49. The van der Waals surface area contributed by atoms with E-state index in [-0.39, 0.29) is 11.6 Å². The Morgan fingerprint density at radius 1 is 1.41 bits per heavy atom. The SMILES string of the molecule is CC(C)C1CC(C#N)(N2CCNCC2)CCO1. The van der Waals surface area contributed by atoms with Crippen molar-refractivity contribution in [1.29, 1.82) is 5.26 Å². The lowest BCUT2D eigenvalue weighted by Crippen LogP contribution is -2.59. The third-order valence-corrected chi connectivity index (χ3v) is 4.06. The molecule has 1 N–H and O–H groups in total. The number of hydrogen-bond acceptors (Lipinski definition) is 4. The minimum absolute atomic E-state index is 0.235. The summed E-state index contributed by atoms with van der Waals surface area (Å²) in [6.45, 7) is 9.04. The normalized spacial score (nSPS) is 35.8. The molecule has 2 heterocycles. The van der Waals surface area contributed by atoms with Crippen LogP contribution in [0, 0.1) is 17.2 Å². The van der Waals surface area contributed by atoms with E-state index in [0.717, 1.165) is 45.6 Å². The van der Waals surface area contributed by atoms with Gasteiger partial charge in [-0.1, -0.05) is 13.8 Å². The lowest BCUT2D eigenvalue weighted by atomic mass is 9.82. The summed E-state index contributed by atoms with van der Waals surface area (Å²) in [5, 5.41) is 13.0. The van der Waals surface area contributed by atoms with Gasteiger partial charge in [-0.05, 0) is 5.92 Å². The maximum Gasteiger partial charge on any atom is 0.114 e. The lowest BCUT2D eigenvalue weighted by molar-refractivity contribution is -0.0729. The summed E-state index contributed by atoms with van der Waals surface area (Å²) in [4.78, 5) is 2.36. The second-order valence-corrected chi connectivity index (χ2v) is 5.49. The van der Waals surface area contributed by atoms with Gasteiger partial charge >= 0.3 is 0 Å². The first-order valence-electron chi connectivity index (χ1n) is 6.66. The van der Waals surface area contributed by atoms with Crippen LogP contribution in [0.3, 0.4) is 0 Å². The number of nitriles is 1. The lowest BCUT2D eigenvalue weighted by Gasteiger charge is -2.46. The molecule has 0 aromatic heterocycles. The molecular weight excluding hydrogens is 214 g/mol. The Morgan fingerprint density at radius 2 is 2.12 bits per heavy atom. The molecule has 2 saturated heterocycles. The molecule has 0 spiro atoms. The van der Waals surface area contributed by atoms with Crippen LogP contribution in [0.5, 0.6) is 0 Å². The van der Waals surface area contributed by atoms with Crippen molar-refractivity contribution in [3.8, 4) is 6.07 Å². The third-order valence-electron chi connectivity index (χ3n) is 4.06. The van der Waals surface area contributed by atoms with E-state index < -0.39 is 0 Å². The fourth-order valence-corrected chi connectivity index (χ4v) is 2.85. The first kappa shape index (κ1) is 12.8. The number of nitrogens with zero attached hydrogens (tertiary/aromatic N) is 2. The maximum absolute atomic E-state index is 9.63. The van der Waals surface area contributed by atoms with E-state index in [1.807, 2.05) is 0 Å². The summed E-state index contributed by atoms with van der Waals surface area (Å²) in [6, 6.07) is 2.59. The highest BCUT2D eigenvalue weighted by molar-refractivity contribution is 5.12. The predicted octanol–water partition coefficient (Wildman–Crippen LogP) is 0.989. The molecule has 4 heteroatoms. The van der Waals surface area contributed by atoms with Crippen molar-refractivity contribution in [2.45, 2.75) is 38.3 Å². The number of piperazine rings is 1. The average molecular weight is 237 g/mol. The molecule has 96 valence electrons. The molecule has 2 rings (SSSR count).